The molecule has 0 spiro atoms. The van der Waals surface area contributed by atoms with Crippen LogP contribution >= 0.6 is 0 Å². The lowest BCUT2D eigenvalue weighted by Crippen LogP contribution is -2.34. The summed E-state index contributed by atoms with van der Waals surface area (Å²) in [6.07, 6.45) is 2.27. The number of hydrogen-bond donors (Lipinski definition) is 1. The lowest BCUT2D eigenvalue weighted by Gasteiger charge is -2.22. The van der Waals surface area contributed by atoms with Crippen LogP contribution in [0.5, 0.6) is 5.88 Å². The molecular weight excluding hydrogens is 254 g/mol. The van der Waals surface area contributed by atoms with E-state index in [0.717, 1.165) is 37.3 Å². The number of rotatable bonds is 3. The number of piperidine rings is 1. The third-order valence-electron chi connectivity index (χ3n) is 3.43. The number of hydrogen-bond acceptors (Lipinski definition) is 5. The maximum absolute atomic E-state index is 5.84. The van der Waals surface area contributed by atoms with E-state index in [-0.39, 0.29) is 6.10 Å². The first-order valence-electron chi connectivity index (χ1n) is 6.97. The zero-order valence-corrected chi connectivity index (χ0v) is 11.8. The fraction of sp³-hybridized carbons (Fsp3) is 0.500. The molecule has 0 aliphatic carbocycles. The Kier molecular flexibility index (Phi) is 3.64. The van der Waals surface area contributed by atoms with Crippen molar-refractivity contribution in [3.8, 4) is 11.7 Å². The monoisotopic (exact) mass is 273 g/mol. The number of ether oxygens (including phenoxy) is 1. The molecule has 20 heavy (non-hydrogen) atoms. The number of nitrogens with zero attached hydrogens (tertiary/aromatic N) is 4. The molecule has 3 rings (SSSR count). The summed E-state index contributed by atoms with van der Waals surface area (Å²) in [6, 6.07) is 5.77. The first kappa shape index (κ1) is 13.1. The van der Waals surface area contributed by atoms with E-state index in [1.807, 2.05) is 32.0 Å². The second-order valence-corrected chi connectivity index (χ2v) is 5.14. The van der Waals surface area contributed by atoms with Gasteiger partial charge in [-0.15, -0.1) is 10.2 Å². The highest BCUT2D eigenvalue weighted by Crippen LogP contribution is 2.15. The van der Waals surface area contributed by atoms with Gasteiger partial charge in [0, 0.05) is 11.8 Å². The van der Waals surface area contributed by atoms with Crippen LogP contribution in [0.2, 0.25) is 0 Å². The predicted molar refractivity (Wildman–Crippen MR) is 75.1 cm³/mol. The van der Waals surface area contributed by atoms with E-state index in [1.165, 1.54) is 0 Å². The third-order valence-corrected chi connectivity index (χ3v) is 3.43. The van der Waals surface area contributed by atoms with E-state index in [4.69, 9.17) is 4.74 Å². The Hall–Kier alpha value is -1.95. The lowest BCUT2D eigenvalue weighted by atomic mass is 10.1. The molecular formula is C14H19N5O. The van der Waals surface area contributed by atoms with Gasteiger partial charge in [-0.2, -0.15) is 5.10 Å². The molecule has 6 nitrogen and oxygen atoms in total. The topological polar surface area (TPSA) is 64.9 Å². The van der Waals surface area contributed by atoms with Crippen molar-refractivity contribution in [2.24, 2.45) is 0 Å². The molecule has 106 valence electrons. The molecule has 1 saturated heterocycles. The molecule has 0 bridgehead atoms. The SMILES string of the molecule is Cc1cc(C)n(-c2ccc(OC3CCNCC3)nn2)n1. The van der Waals surface area contributed by atoms with Crippen molar-refractivity contribution >= 4 is 0 Å². The Labute approximate surface area is 118 Å². The highest BCUT2D eigenvalue weighted by Gasteiger charge is 2.15. The second kappa shape index (κ2) is 5.58. The van der Waals surface area contributed by atoms with Crippen LogP contribution in [0.4, 0.5) is 0 Å². The quantitative estimate of drug-likeness (QED) is 0.916. The summed E-state index contributed by atoms with van der Waals surface area (Å²) in [4.78, 5) is 0. The van der Waals surface area contributed by atoms with Gasteiger partial charge in [0.2, 0.25) is 5.88 Å². The molecule has 3 heterocycles. The Balaban J connectivity index is 1.72. The normalized spacial score (nSPS) is 16.3. The fourth-order valence-corrected chi connectivity index (χ4v) is 2.43. The van der Waals surface area contributed by atoms with Crippen molar-refractivity contribution in [2.75, 3.05) is 13.1 Å². The lowest BCUT2D eigenvalue weighted by molar-refractivity contribution is 0.154. The zero-order valence-electron chi connectivity index (χ0n) is 11.8. The molecule has 2 aromatic heterocycles. The smallest absolute Gasteiger partial charge is 0.233 e. The van der Waals surface area contributed by atoms with Crippen LogP contribution < -0.4 is 10.1 Å². The van der Waals surface area contributed by atoms with Gasteiger partial charge in [-0.25, -0.2) is 4.68 Å². The van der Waals surface area contributed by atoms with E-state index >= 15 is 0 Å². The summed E-state index contributed by atoms with van der Waals surface area (Å²) >= 11 is 0. The van der Waals surface area contributed by atoms with Crippen LogP contribution in [-0.4, -0.2) is 39.2 Å². The molecule has 0 unspecified atom stereocenters. The number of aryl methyl sites for hydroxylation is 2. The number of aromatic nitrogens is 4. The van der Waals surface area contributed by atoms with Crippen molar-refractivity contribution in [3.63, 3.8) is 0 Å². The van der Waals surface area contributed by atoms with E-state index in [9.17, 15) is 0 Å². The van der Waals surface area contributed by atoms with Gasteiger partial charge in [0.1, 0.15) is 6.10 Å². The van der Waals surface area contributed by atoms with Crippen LogP contribution in [0.1, 0.15) is 24.2 Å². The molecule has 0 aromatic carbocycles. The Morgan fingerprint density at radius 1 is 1.20 bits per heavy atom. The molecule has 2 aromatic rings. The van der Waals surface area contributed by atoms with Crippen LogP contribution in [0, 0.1) is 13.8 Å². The Morgan fingerprint density at radius 2 is 2.00 bits per heavy atom. The molecule has 0 atom stereocenters. The maximum Gasteiger partial charge on any atom is 0.233 e. The van der Waals surface area contributed by atoms with Crippen molar-refractivity contribution in [1.29, 1.82) is 0 Å². The van der Waals surface area contributed by atoms with Gasteiger partial charge in [0.25, 0.3) is 0 Å². The van der Waals surface area contributed by atoms with Crippen LogP contribution in [0.25, 0.3) is 5.82 Å². The number of nitrogens with one attached hydrogen (secondary N) is 1. The fourth-order valence-electron chi connectivity index (χ4n) is 2.43. The van der Waals surface area contributed by atoms with Gasteiger partial charge in [0.05, 0.1) is 5.69 Å². The standard InChI is InChI=1S/C14H19N5O/c1-10-9-11(2)19(18-10)13-3-4-14(17-16-13)20-12-5-7-15-8-6-12/h3-4,9,12,15H,5-8H2,1-2H3. The molecule has 0 radical (unpaired) electrons. The first-order valence-corrected chi connectivity index (χ1v) is 6.97. The second-order valence-electron chi connectivity index (χ2n) is 5.14. The van der Waals surface area contributed by atoms with E-state index < -0.39 is 0 Å². The highest BCUT2D eigenvalue weighted by molar-refractivity contribution is 5.26. The van der Waals surface area contributed by atoms with Crippen LogP contribution in [0.3, 0.4) is 0 Å². The van der Waals surface area contributed by atoms with E-state index in [1.54, 1.807) is 4.68 Å². The summed E-state index contributed by atoms with van der Waals surface area (Å²) in [5, 5.41) is 16.0. The molecule has 6 heteroatoms. The van der Waals surface area contributed by atoms with Gasteiger partial charge in [-0.1, -0.05) is 0 Å². The van der Waals surface area contributed by atoms with Crippen molar-refractivity contribution < 1.29 is 4.74 Å². The predicted octanol–water partition coefficient (Wildman–Crippen LogP) is 1.41. The summed E-state index contributed by atoms with van der Waals surface area (Å²) in [5.74, 6) is 1.30. The van der Waals surface area contributed by atoms with Gasteiger partial charge in [-0.3, -0.25) is 0 Å². The van der Waals surface area contributed by atoms with Gasteiger partial charge >= 0.3 is 0 Å². The minimum absolute atomic E-state index is 0.241. The molecule has 1 fully saturated rings. The van der Waals surface area contributed by atoms with Gasteiger partial charge in [0.15, 0.2) is 5.82 Å². The molecule has 1 aliphatic heterocycles. The Bertz CT molecular complexity index is 572. The largest absolute Gasteiger partial charge is 0.473 e. The first-order chi connectivity index (χ1) is 9.72. The molecule has 1 aliphatic rings. The third kappa shape index (κ3) is 2.80. The minimum Gasteiger partial charge on any atom is -0.473 e. The van der Waals surface area contributed by atoms with Crippen molar-refractivity contribution in [3.05, 3.63) is 29.6 Å². The minimum atomic E-state index is 0.241. The Morgan fingerprint density at radius 3 is 2.60 bits per heavy atom. The summed E-state index contributed by atoms with van der Waals surface area (Å²) in [6.45, 7) is 5.97. The van der Waals surface area contributed by atoms with Gasteiger partial charge in [-0.05, 0) is 51.9 Å². The molecule has 1 N–H and O–H groups in total. The molecule has 0 amide bonds. The maximum atomic E-state index is 5.84. The van der Waals surface area contributed by atoms with E-state index in [0.29, 0.717) is 11.7 Å². The van der Waals surface area contributed by atoms with E-state index in [2.05, 4.69) is 20.6 Å². The summed E-state index contributed by atoms with van der Waals surface area (Å²) in [7, 11) is 0. The summed E-state index contributed by atoms with van der Waals surface area (Å²) in [5.41, 5.74) is 2.02. The van der Waals surface area contributed by atoms with Crippen molar-refractivity contribution in [2.45, 2.75) is 32.8 Å². The highest BCUT2D eigenvalue weighted by atomic mass is 16.5. The average Bonchev–Trinajstić information content (AvgIpc) is 2.80. The van der Waals surface area contributed by atoms with Crippen LogP contribution in [-0.2, 0) is 0 Å². The van der Waals surface area contributed by atoms with Crippen LogP contribution in [0.15, 0.2) is 18.2 Å². The summed E-state index contributed by atoms with van der Waals surface area (Å²) < 4.78 is 7.63. The zero-order chi connectivity index (χ0) is 13.9. The van der Waals surface area contributed by atoms with Crippen molar-refractivity contribution in [1.82, 2.24) is 25.3 Å². The average molecular weight is 273 g/mol. The van der Waals surface area contributed by atoms with Gasteiger partial charge < -0.3 is 10.1 Å². The molecule has 0 saturated carbocycles.